The van der Waals surface area contributed by atoms with Crippen LogP contribution >= 0.6 is 0 Å². The van der Waals surface area contributed by atoms with E-state index >= 15 is 0 Å². The third kappa shape index (κ3) is 3.45. The topological polar surface area (TPSA) is 46.9 Å². The molecule has 3 aromatic rings. The Labute approximate surface area is 133 Å². The third-order valence-corrected chi connectivity index (χ3v) is 3.60. The molecule has 0 saturated heterocycles. The number of nitrogens with one attached hydrogen (secondary N) is 1. The lowest BCUT2D eigenvalue weighted by molar-refractivity contribution is 0.0951. The Morgan fingerprint density at radius 3 is 2.43 bits per heavy atom. The molecule has 0 aliphatic heterocycles. The van der Waals surface area contributed by atoms with Crippen LogP contribution in [0.25, 0.3) is 5.69 Å². The molecule has 0 aliphatic carbocycles. The first-order chi connectivity index (χ1) is 11.1. The molecule has 1 heterocycles. The van der Waals surface area contributed by atoms with Crippen LogP contribution in [0.5, 0.6) is 0 Å². The minimum atomic E-state index is -0.355. The highest BCUT2D eigenvalue weighted by Gasteiger charge is 2.06. The van der Waals surface area contributed by atoms with Crippen LogP contribution in [0, 0.1) is 12.7 Å². The summed E-state index contributed by atoms with van der Waals surface area (Å²) < 4.78 is 14.8. The minimum absolute atomic E-state index is 0.223. The zero-order chi connectivity index (χ0) is 16.2. The number of carbonyl (C=O) groups excluding carboxylic acids is 1. The average molecular weight is 309 g/mol. The fourth-order valence-corrected chi connectivity index (χ4v) is 2.31. The number of carbonyl (C=O) groups is 1. The Morgan fingerprint density at radius 2 is 1.83 bits per heavy atom. The second-order valence-electron chi connectivity index (χ2n) is 5.20. The van der Waals surface area contributed by atoms with Gasteiger partial charge >= 0.3 is 0 Å². The highest BCUT2D eigenvalue weighted by Crippen LogP contribution is 2.12. The van der Waals surface area contributed by atoms with Gasteiger partial charge in [0.15, 0.2) is 0 Å². The smallest absolute Gasteiger partial charge is 0.251 e. The summed E-state index contributed by atoms with van der Waals surface area (Å²) >= 11 is 0. The molecule has 0 unspecified atom stereocenters. The molecule has 23 heavy (non-hydrogen) atoms. The third-order valence-electron chi connectivity index (χ3n) is 3.60. The van der Waals surface area contributed by atoms with Crippen molar-refractivity contribution in [2.45, 2.75) is 13.5 Å². The maximum Gasteiger partial charge on any atom is 0.251 e. The molecular formula is C18H16FN3O. The van der Waals surface area contributed by atoms with Gasteiger partial charge in [-0.25, -0.2) is 9.37 Å². The van der Waals surface area contributed by atoms with Crippen LogP contribution in [0.4, 0.5) is 4.39 Å². The van der Waals surface area contributed by atoms with E-state index in [1.165, 1.54) is 24.3 Å². The molecule has 3 rings (SSSR count). The number of aryl methyl sites for hydroxylation is 1. The highest BCUT2D eigenvalue weighted by atomic mass is 19.1. The van der Waals surface area contributed by atoms with Crippen molar-refractivity contribution in [3.63, 3.8) is 0 Å². The van der Waals surface area contributed by atoms with E-state index < -0.39 is 0 Å². The Bertz CT molecular complexity index is 807. The van der Waals surface area contributed by atoms with E-state index in [0.29, 0.717) is 12.1 Å². The van der Waals surface area contributed by atoms with Crippen molar-refractivity contribution in [2.75, 3.05) is 0 Å². The summed E-state index contributed by atoms with van der Waals surface area (Å²) in [6.45, 7) is 2.36. The summed E-state index contributed by atoms with van der Waals surface area (Å²) in [6.07, 6.45) is 3.66. The first-order valence-electron chi connectivity index (χ1n) is 7.26. The molecule has 0 saturated carbocycles. The number of imidazole rings is 1. The van der Waals surface area contributed by atoms with Crippen LogP contribution in [-0.4, -0.2) is 15.5 Å². The van der Waals surface area contributed by atoms with Crippen LogP contribution in [0.2, 0.25) is 0 Å². The lowest BCUT2D eigenvalue weighted by Crippen LogP contribution is -2.22. The molecule has 0 spiro atoms. The summed E-state index contributed by atoms with van der Waals surface area (Å²) in [6, 6.07) is 13.4. The Balaban J connectivity index is 1.64. The summed E-state index contributed by atoms with van der Waals surface area (Å²) in [5.41, 5.74) is 2.45. The van der Waals surface area contributed by atoms with Gasteiger partial charge in [0.05, 0.1) is 0 Å². The van der Waals surface area contributed by atoms with Crippen LogP contribution in [0.15, 0.2) is 60.9 Å². The van der Waals surface area contributed by atoms with E-state index in [1.54, 1.807) is 6.20 Å². The summed E-state index contributed by atoms with van der Waals surface area (Å²) in [5, 5.41) is 2.82. The molecule has 4 nitrogen and oxygen atoms in total. The van der Waals surface area contributed by atoms with E-state index in [0.717, 1.165) is 17.1 Å². The van der Waals surface area contributed by atoms with Crippen molar-refractivity contribution < 1.29 is 9.18 Å². The number of halogens is 1. The molecule has 1 amide bonds. The van der Waals surface area contributed by atoms with Gasteiger partial charge in [-0.05, 0) is 48.9 Å². The summed E-state index contributed by atoms with van der Waals surface area (Å²) in [7, 11) is 0. The fraction of sp³-hybridized carbons (Fsp3) is 0.111. The number of amides is 1. The molecular weight excluding hydrogens is 293 g/mol. The number of nitrogens with zero attached hydrogens (tertiary/aromatic N) is 2. The van der Waals surface area contributed by atoms with E-state index in [1.807, 2.05) is 42.0 Å². The molecule has 0 aliphatic rings. The number of benzene rings is 2. The second-order valence-corrected chi connectivity index (χ2v) is 5.20. The zero-order valence-electron chi connectivity index (χ0n) is 12.7. The van der Waals surface area contributed by atoms with Crippen LogP contribution in [0.1, 0.15) is 21.7 Å². The highest BCUT2D eigenvalue weighted by molar-refractivity contribution is 5.94. The Morgan fingerprint density at radius 1 is 1.13 bits per heavy atom. The van der Waals surface area contributed by atoms with E-state index in [9.17, 15) is 9.18 Å². The van der Waals surface area contributed by atoms with E-state index in [2.05, 4.69) is 10.3 Å². The standard InChI is InChI=1S/C18H16FN3O/c1-13-20-10-11-22(13)17-8-2-14(3-9-17)12-21-18(23)15-4-6-16(19)7-5-15/h2-11H,12H2,1H3,(H,21,23). The lowest BCUT2D eigenvalue weighted by Gasteiger charge is -2.08. The normalized spacial score (nSPS) is 10.5. The van der Waals surface area contributed by atoms with Gasteiger partial charge in [-0.15, -0.1) is 0 Å². The number of hydrogen-bond donors (Lipinski definition) is 1. The van der Waals surface area contributed by atoms with Crippen molar-refractivity contribution in [3.8, 4) is 5.69 Å². The number of rotatable bonds is 4. The summed E-state index contributed by atoms with van der Waals surface area (Å²) in [5.74, 6) is 0.342. The van der Waals surface area contributed by atoms with Gasteiger partial charge in [-0.1, -0.05) is 12.1 Å². The lowest BCUT2D eigenvalue weighted by atomic mass is 10.1. The van der Waals surface area contributed by atoms with Crippen molar-refractivity contribution in [3.05, 3.63) is 83.7 Å². The first-order valence-corrected chi connectivity index (χ1v) is 7.26. The van der Waals surface area contributed by atoms with Crippen LogP contribution < -0.4 is 5.32 Å². The molecule has 2 aromatic carbocycles. The SMILES string of the molecule is Cc1nccn1-c1ccc(CNC(=O)c2ccc(F)cc2)cc1. The fourth-order valence-electron chi connectivity index (χ4n) is 2.31. The maximum atomic E-state index is 12.8. The van der Waals surface area contributed by atoms with Gasteiger partial charge in [0.25, 0.3) is 5.91 Å². The van der Waals surface area contributed by atoms with Gasteiger partial charge < -0.3 is 9.88 Å². The van der Waals surface area contributed by atoms with Crippen molar-refractivity contribution in [2.24, 2.45) is 0 Å². The summed E-state index contributed by atoms with van der Waals surface area (Å²) in [4.78, 5) is 16.2. The average Bonchev–Trinajstić information content (AvgIpc) is 3.00. The largest absolute Gasteiger partial charge is 0.348 e. The van der Waals surface area contributed by atoms with Crippen molar-refractivity contribution >= 4 is 5.91 Å². The van der Waals surface area contributed by atoms with Crippen molar-refractivity contribution in [1.82, 2.24) is 14.9 Å². The molecule has 0 atom stereocenters. The van der Waals surface area contributed by atoms with Gasteiger partial charge in [0, 0.05) is 30.2 Å². The monoisotopic (exact) mass is 309 g/mol. The van der Waals surface area contributed by atoms with Crippen LogP contribution in [0.3, 0.4) is 0 Å². The molecule has 0 radical (unpaired) electrons. The molecule has 116 valence electrons. The molecule has 5 heteroatoms. The van der Waals surface area contributed by atoms with Crippen molar-refractivity contribution in [1.29, 1.82) is 0 Å². The number of hydrogen-bond acceptors (Lipinski definition) is 2. The molecule has 1 aromatic heterocycles. The predicted molar refractivity (Wildman–Crippen MR) is 85.9 cm³/mol. The quantitative estimate of drug-likeness (QED) is 0.804. The van der Waals surface area contributed by atoms with Gasteiger partial charge in [-0.2, -0.15) is 0 Å². The molecule has 0 fully saturated rings. The Hall–Kier alpha value is -2.95. The molecule has 0 bridgehead atoms. The minimum Gasteiger partial charge on any atom is -0.348 e. The van der Waals surface area contributed by atoms with Crippen LogP contribution in [-0.2, 0) is 6.54 Å². The molecule has 1 N–H and O–H groups in total. The second kappa shape index (κ2) is 6.44. The van der Waals surface area contributed by atoms with Gasteiger partial charge in [0.2, 0.25) is 0 Å². The van der Waals surface area contributed by atoms with Gasteiger partial charge in [-0.3, -0.25) is 4.79 Å². The first kappa shape index (κ1) is 15.0. The van der Waals surface area contributed by atoms with E-state index in [4.69, 9.17) is 0 Å². The number of aromatic nitrogens is 2. The Kier molecular flexibility index (Phi) is 4.19. The zero-order valence-corrected chi connectivity index (χ0v) is 12.7. The maximum absolute atomic E-state index is 12.8. The predicted octanol–water partition coefficient (Wildman–Crippen LogP) is 3.25. The van der Waals surface area contributed by atoms with E-state index in [-0.39, 0.29) is 11.7 Å². The van der Waals surface area contributed by atoms with Gasteiger partial charge in [0.1, 0.15) is 11.6 Å².